The molecule has 0 fully saturated rings. The molecule has 0 spiro atoms. The minimum Gasteiger partial charge on any atom is -0.168 e. The molecule has 0 N–H and O–H groups in total. The van der Waals surface area contributed by atoms with Crippen LogP contribution >= 0.6 is 22.2 Å². The highest BCUT2D eigenvalue weighted by atomic mass is 35.6. The quantitative estimate of drug-likeness (QED) is 0.502. The van der Waals surface area contributed by atoms with Crippen LogP contribution in [-0.4, -0.2) is 14.8 Å². The van der Waals surface area contributed by atoms with Crippen LogP contribution in [0.25, 0.3) is 0 Å². The van der Waals surface area contributed by atoms with Gasteiger partial charge in [0.25, 0.3) is 0 Å². The third-order valence-corrected chi connectivity index (χ3v) is 13.2. The van der Waals surface area contributed by atoms with Gasteiger partial charge in [-0.1, -0.05) is 39.5 Å². The molecule has 0 atom stereocenters. The fourth-order valence-corrected chi connectivity index (χ4v) is 16.6. The number of halogens is 2. The molecule has 0 saturated heterocycles. The molecule has 4 heteroatoms. The Hall–Kier alpha value is 1.01. The van der Waals surface area contributed by atoms with Crippen molar-refractivity contribution < 1.29 is 0 Å². The van der Waals surface area contributed by atoms with E-state index in [1.54, 1.807) is 0 Å². The average molecular weight is 229 g/mol. The zero-order valence-corrected chi connectivity index (χ0v) is 11.6. The second kappa shape index (κ2) is 3.82. The van der Waals surface area contributed by atoms with Crippen LogP contribution in [0, 0.1) is 0 Å². The van der Waals surface area contributed by atoms with Gasteiger partial charge in [-0.25, -0.2) is 0 Å². The summed E-state index contributed by atoms with van der Waals surface area (Å²) in [5.41, 5.74) is 0. The van der Waals surface area contributed by atoms with E-state index >= 15 is 0 Å². The summed E-state index contributed by atoms with van der Waals surface area (Å²) >= 11 is 12.7. The van der Waals surface area contributed by atoms with E-state index in [-0.39, 0.29) is 0 Å². The van der Waals surface area contributed by atoms with Crippen molar-refractivity contribution in [1.82, 2.24) is 0 Å². The van der Waals surface area contributed by atoms with Crippen LogP contribution < -0.4 is 0 Å². The van der Waals surface area contributed by atoms with Crippen LogP contribution in [0.5, 0.6) is 0 Å². The van der Waals surface area contributed by atoms with Gasteiger partial charge in [-0.2, -0.15) is 22.2 Å². The van der Waals surface area contributed by atoms with Crippen molar-refractivity contribution in [3.63, 3.8) is 0 Å². The van der Waals surface area contributed by atoms with Crippen LogP contribution in [0.4, 0.5) is 0 Å². The van der Waals surface area contributed by atoms with Gasteiger partial charge in [0.2, 0.25) is 0 Å². The van der Waals surface area contributed by atoms with Gasteiger partial charge in [0, 0.05) is 0 Å². The van der Waals surface area contributed by atoms with Crippen LogP contribution in [-0.2, 0) is 0 Å². The summed E-state index contributed by atoms with van der Waals surface area (Å²) in [5.74, 6) is 0. The molecule has 0 aromatic carbocycles. The van der Waals surface area contributed by atoms with Crippen molar-refractivity contribution in [2.75, 3.05) is 0 Å². The van der Waals surface area contributed by atoms with E-state index in [0.717, 1.165) is 6.42 Å². The molecule has 0 heterocycles. The Labute approximate surface area is 81.7 Å². The molecule has 0 aliphatic carbocycles. The Morgan fingerprint density at radius 2 is 1.27 bits per heavy atom. The van der Waals surface area contributed by atoms with E-state index in [1.807, 2.05) is 0 Å². The van der Waals surface area contributed by atoms with E-state index < -0.39 is 14.8 Å². The maximum Gasteiger partial charge on any atom is 0.152 e. The van der Waals surface area contributed by atoms with E-state index in [9.17, 15) is 0 Å². The first-order valence-corrected chi connectivity index (χ1v) is 12.2. The minimum absolute atomic E-state index is 0.623. The maximum atomic E-state index is 6.37. The first-order chi connectivity index (χ1) is 4.69. The largest absolute Gasteiger partial charge is 0.168 e. The van der Waals surface area contributed by atoms with Gasteiger partial charge < -0.3 is 0 Å². The molecule has 11 heavy (non-hydrogen) atoms. The SMILES string of the molecule is CCC([Si](C)(C)Cl)[Si](C)(C)Cl. The second-order valence-electron chi connectivity index (χ2n) is 4.09. The van der Waals surface area contributed by atoms with Crippen LogP contribution in [0.1, 0.15) is 13.3 Å². The predicted octanol–water partition coefficient (Wildman–Crippen LogP) is 4.19. The molecule has 0 nitrogen and oxygen atoms in total. The Morgan fingerprint density at radius 3 is 1.27 bits per heavy atom. The molecule has 0 radical (unpaired) electrons. The van der Waals surface area contributed by atoms with Crippen molar-refractivity contribution in [2.24, 2.45) is 0 Å². The van der Waals surface area contributed by atoms with E-state index in [0.29, 0.717) is 5.16 Å². The molecular weight excluding hydrogens is 211 g/mol. The number of hydrogen-bond acceptors (Lipinski definition) is 0. The molecule has 0 bridgehead atoms. The van der Waals surface area contributed by atoms with Gasteiger partial charge in [0.15, 0.2) is 14.8 Å². The lowest BCUT2D eigenvalue weighted by Gasteiger charge is -2.33. The standard InChI is InChI=1S/C7H18Cl2Si2/c1-6-7(10(2,3)8)11(4,5)9/h7H,6H2,1-5H3. The third-order valence-electron chi connectivity index (χ3n) is 2.07. The number of hydrogen-bond donors (Lipinski definition) is 0. The molecular formula is C7H18Cl2Si2. The summed E-state index contributed by atoms with van der Waals surface area (Å²) in [6.07, 6.45) is 1.14. The van der Waals surface area contributed by atoms with Crippen LogP contribution in [0.15, 0.2) is 0 Å². The van der Waals surface area contributed by atoms with Gasteiger partial charge >= 0.3 is 0 Å². The summed E-state index contributed by atoms with van der Waals surface area (Å²) in [4.78, 5) is 0. The fraction of sp³-hybridized carbons (Fsp3) is 1.00. The first-order valence-electron chi connectivity index (χ1n) is 4.07. The molecule has 0 aromatic rings. The van der Waals surface area contributed by atoms with Crippen molar-refractivity contribution in [2.45, 2.75) is 44.7 Å². The van der Waals surface area contributed by atoms with Gasteiger partial charge in [-0.05, 0) is 5.16 Å². The zero-order valence-electron chi connectivity index (χ0n) is 8.04. The molecule has 0 amide bonds. The summed E-state index contributed by atoms with van der Waals surface area (Å²) in [7, 11) is -3.04. The molecule has 68 valence electrons. The third kappa shape index (κ3) is 3.97. The van der Waals surface area contributed by atoms with Crippen LogP contribution in [0.2, 0.25) is 31.4 Å². The predicted molar refractivity (Wildman–Crippen MR) is 60.7 cm³/mol. The molecule has 0 aromatic heterocycles. The van der Waals surface area contributed by atoms with E-state index in [4.69, 9.17) is 22.2 Å². The summed E-state index contributed by atoms with van der Waals surface area (Å²) in [6, 6.07) is 0. The summed E-state index contributed by atoms with van der Waals surface area (Å²) in [6.45, 7) is 11.0. The zero-order chi connectivity index (χ0) is 9.28. The molecule has 0 saturated carbocycles. The first kappa shape index (κ1) is 12.0. The summed E-state index contributed by atoms with van der Waals surface area (Å²) < 4.78 is 0. The van der Waals surface area contributed by atoms with Gasteiger partial charge in [0.05, 0.1) is 0 Å². The highest BCUT2D eigenvalue weighted by Crippen LogP contribution is 2.39. The monoisotopic (exact) mass is 228 g/mol. The lowest BCUT2D eigenvalue weighted by Crippen LogP contribution is -2.40. The molecule has 0 aliphatic heterocycles. The second-order valence-corrected chi connectivity index (χ2v) is 18.2. The van der Waals surface area contributed by atoms with Gasteiger partial charge in [-0.3, -0.25) is 0 Å². The molecule has 0 aliphatic rings. The normalized spacial score (nSPS) is 14.2. The van der Waals surface area contributed by atoms with E-state index in [2.05, 4.69) is 33.1 Å². The van der Waals surface area contributed by atoms with Gasteiger partial charge in [-0.15, -0.1) is 0 Å². The van der Waals surface area contributed by atoms with Crippen molar-refractivity contribution in [1.29, 1.82) is 0 Å². The smallest absolute Gasteiger partial charge is 0.152 e. The Balaban J connectivity index is 4.43. The Kier molecular flexibility index (Phi) is 4.17. The Bertz CT molecular complexity index is 109. The van der Waals surface area contributed by atoms with Crippen LogP contribution in [0.3, 0.4) is 0 Å². The lowest BCUT2D eigenvalue weighted by atomic mass is 10.6. The minimum atomic E-state index is -1.52. The average Bonchev–Trinajstić information content (AvgIpc) is 1.56. The highest BCUT2D eigenvalue weighted by molar-refractivity contribution is 7.32. The number of rotatable bonds is 3. The topological polar surface area (TPSA) is 0 Å². The summed E-state index contributed by atoms with van der Waals surface area (Å²) in [5, 5.41) is 0.623. The highest BCUT2D eigenvalue weighted by Gasteiger charge is 2.40. The van der Waals surface area contributed by atoms with Crippen molar-refractivity contribution >= 4 is 36.9 Å². The maximum absolute atomic E-state index is 6.37. The van der Waals surface area contributed by atoms with Crippen molar-refractivity contribution in [3.05, 3.63) is 0 Å². The fourth-order valence-electron chi connectivity index (χ4n) is 1.79. The molecule has 0 unspecified atom stereocenters. The lowest BCUT2D eigenvalue weighted by molar-refractivity contribution is 0.972. The van der Waals surface area contributed by atoms with Crippen molar-refractivity contribution in [3.8, 4) is 0 Å². The van der Waals surface area contributed by atoms with E-state index in [1.165, 1.54) is 0 Å². The van der Waals surface area contributed by atoms with Gasteiger partial charge in [0.1, 0.15) is 0 Å². The Morgan fingerprint density at radius 1 is 1.00 bits per heavy atom. The molecule has 0 rings (SSSR count).